The van der Waals surface area contributed by atoms with Crippen LogP contribution in [-0.4, -0.2) is 38.7 Å². The van der Waals surface area contributed by atoms with E-state index in [0.29, 0.717) is 6.54 Å². The first-order valence-electron chi connectivity index (χ1n) is 5.59. The van der Waals surface area contributed by atoms with Gasteiger partial charge in [-0.3, -0.25) is 9.69 Å². The van der Waals surface area contributed by atoms with Gasteiger partial charge in [0.2, 0.25) is 5.91 Å². The van der Waals surface area contributed by atoms with Crippen molar-refractivity contribution in [2.24, 2.45) is 0 Å². The maximum absolute atomic E-state index is 11.8. The third-order valence-electron chi connectivity index (χ3n) is 2.85. The fourth-order valence-corrected chi connectivity index (χ4v) is 1.85. The van der Waals surface area contributed by atoms with Gasteiger partial charge in [-0.15, -0.1) is 0 Å². The summed E-state index contributed by atoms with van der Waals surface area (Å²) in [6.07, 6.45) is 0. The Labute approximate surface area is 105 Å². The molecule has 0 aromatic heterocycles. The molecule has 1 heterocycles. The van der Waals surface area contributed by atoms with Gasteiger partial charge in [0, 0.05) is 12.7 Å². The second-order valence-corrected chi connectivity index (χ2v) is 3.92. The number of benzene rings is 1. The molecule has 0 bridgehead atoms. The Morgan fingerprint density at radius 2 is 2.11 bits per heavy atom. The smallest absolute Gasteiger partial charge is 0.322 e. The van der Waals surface area contributed by atoms with E-state index in [1.54, 1.807) is 38.4 Å². The quantitative estimate of drug-likeness (QED) is 0.811. The van der Waals surface area contributed by atoms with Crippen LogP contribution in [0.1, 0.15) is 0 Å². The van der Waals surface area contributed by atoms with Gasteiger partial charge >= 0.3 is 6.03 Å². The molecule has 18 heavy (non-hydrogen) atoms. The van der Waals surface area contributed by atoms with Crippen LogP contribution < -0.4 is 20.3 Å². The first kappa shape index (κ1) is 12.2. The Bertz CT molecular complexity index is 458. The Morgan fingerprint density at radius 1 is 1.44 bits per heavy atom. The number of nitrogens with zero attached hydrogens (tertiary/aromatic N) is 1. The Balaban J connectivity index is 2.13. The van der Waals surface area contributed by atoms with Gasteiger partial charge in [-0.25, -0.2) is 4.79 Å². The number of likely N-dealkylation sites (N-methyl/N-ethyl adjacent to an activating group) is 1. The Kier molecular flexibility index (Phi) is 3.36. The number of carbonyl (C=O) groups is 2. The lowest BCUT2D eigenvalue weighted by Gasteiger charge is -2.14. The first-order chi connectivity index (χ1) is 8.65. The van der Waals surface area contributed by atoms with Crippen LogP contribution in [0.25, 0.3) is 0 Å². The highest BCUT2D eigenvalue weighted by atomic mass is 16.5. The van der Waals surface area contributed by atoms with Crippen molar-refractivity contribution in [3.8, 4) is 5.75 Å². The highest BCUT2D eigenvalue weighted by molar-refractivity contribution is 6.00. The van der Waals surface area contributed by atoms with E-state index in [2.05, 4.69) is 10.6 Å². The summed E-state index contributed by atoms with van der Waals surface area (Å²) in [7, 11) is 3.13. The number of hydrogen-bond donors (Lipinski definition) is 2. The van der Waals surface area contributed by atoms with E-state index >= 15 is 0 Å². The third kappa shape index (κ3) is 2.22. The van der Waals surface area contributed by atoms with Crippen LogP contribution in [0.3, 0.4) is 0 Å². The summed E-state index contributed by atoms with van der Waals surface area (Å²) in [6, 6.07) is 6.33. The lowest BCUT2D eigenvalue weighted by molar-refractivity contribution is -0.121. The minimum absolute atomic E-state index is 0.195. The van der Waals surface area contributed by atoms with Gasteiger partial charge in [0.25, 0.3) is 0 Å². The highest BCUT2D eigenvalue weighted by Gasteiger charge is 2.33. The summed E-state index contributed by atoms with van der Waals surface area (Å²) < 4.78 is 5.05. The number of amides is 3. The monoisotopic (exact) mass is 249 g/mol. The van der Waals surface area contributed by atoms with Gasteiger partial charge in [0.05, 0.1) is 13.7 Å². The van der Waals surface area contributed by atoms with E-state index in [9.17, 15) is 9.59 Å². The maximum Gasteiger partial charge on any atom is 0.322 e. The topological polar surface area (TPSA) is 70.7 Å². The van der Waals surface area contributed by atoms with Crippen LogP contribution in [0.15, 0.2) is 24.3 Å². The molecular weight excluding hydrogens is 234 g/mol. The Morgan fingerprint density at radius 3 is 2.67 bits per heavy atom. The summed E-state index contributed by atoms with van der Waals surface area (Å²) >= 11 is 0. The minimum Gasteiger partial charge on any atom is -0.497 e. The average Bonchev–Trinajstić information content (AvgIpc) is 2.80. The number of anilines is 1. The number of hydrogen-bond acceptors (Lipinski definition) is 3. The molecule has 3 amide bonds. The fraction of sp³-hybridized carbons (Fsp3) is 0.333. The molecule has 1 saturated heterocycles. The van der Waals surface area contributed by atoms with E-state index in [0.717, 1.165) is 11.4 Å². The highest BCUT2D eigenvalue weighted by Crippen LogP contribution is 2.21. The zero-order valence-electron chi connectivity index (χ0n) is 10.3. The third-order valence-corrected chi connectivity index (χ3v) is 2.85. The molecule has 0 radical (unpaired) electrons. The molecule has 1 atom stereocenters. The molecule has 6 nitrogen and oxygen atoms in total. The van der Waals surface area contributed by atoms with Crippen molar-refractivity contribution in [2.45, 2.75) is 6.04 Å². The molecule has 1 fully saturated rings. The average molecular weight is 249 g/mol. The van der Waals surface area contributed by atoms with E-state index in [1.807, 2.05) is 0 Å². The molecule has 6 heteroatoms. The fourth-order valence-electron chi connectivity index (χ4n) is 1.85. The first-order valence-corrected chi connectivity index (χ1v) is 5.59. The summed E-state index contributed by atoms with van der Waals surface area (Å²) in [4.78, 5) is 24.8. The predicted molar refractivity (Wildman–Crippen MR) is 66.7 cm³/mol. The van der Waals surface area contributed by atoms with Crippen molar-refractivity contribution in [2.75, 3.05) is 25.6 Å². The molecule has 96 valence electrons. The van der Waals surface area contributed by atoms with Crippen molar-refractivity contribution in [1.29, 1.82) is 0 Å². The number of rotatable bonds is 3. The largest absolute Gasteiger partial charge is 0.497 e. The lowest BCUT2D eigenvalue weighted by atomic mass is 10.2. The van der Waals surface area contributed by atoms with Gasteiger partial charge in [0.1, 0.15) is 11.8 Å². The van der Waals surface area contributed by atoms with Crippen LogP contribution in [0, 0.1) is 0 Å². The Hall–Kier alpha value is -2.24. The molecule has 1 aliphatic heterocycles. The van der Waals surface area contributed by atoms with Crippen molar-refractivity contribution >= 4 is 17.6 Å². The zero-order chi connectivity index (χ0) is 13.1. The molecule has 2 N–H and O–H groups in total. The summed E-state index contributed by atoms with van der Waals surface area (Å²) in [5, 5.41) is 5.14. The van der Waals surface area contributed by atoms with Gasteiger partial charge in [-0.1, -0.05) is 0 Å². The van der Waals surface area contributed by atoms with Gasteiger partial charge in [0.15, 0.2) is 0 Å². The van der Waals surface area contributed by atoms with Crippen LogP contribution in [0.2, 0.25) is 0 Å². The van der Waals surface area contributed by atoms with Gasteiger partial charge in [-0.2, -0.15) is 0 Å². The molecule has 2 rings (SSSR count). The molecule has 0 spiro atoms. The summed E-state index contributed by atoms with van der Waals surface area (Å²) in [5.41, 5.74) is 0.736. The molecular formula is C12H15N3O3. The zero-order valence-corrected chi connectivity index (χ0v) is 10.3. The van der Waals surface area contributed by atoms with Crippen LogP contribution >= 0.6 is 0 Å². The van der Waals surface area contributed by atoms with Crippen LogP contribution in [0.5, 0.6) is 5.75 Å². The van der Waals surface area contributed by atoms with Crippen LogP contribution in [-0.2, 0) is 4.79 Å². The number of ether oxygens (including phenoxy) is 1. The molecule has 1 aromatic carbocycles. The van der Waals surface area contributed by atoms with E-state index in [-0.39, 0.29) is 11.9 Å². The van der Waals surface area contributed by atoms with E-state index in [4.69, 9.17) is 4.74 Å². The van der Waals surface area contributed by atoms with Crippen molar-refractivity contribution in [3.63, 3.8) is 0 Å². The minimum atomic E-state index is -0.510. The standard InChI is InChI=1S/C12H15N3O3/c1-13-11(16)10-7-15(12(17)14-10)8-3-5-9(18-2)6-4-8/h3-6,10H,7H2,1-2H3,(H,13,16)(H,14,17). The van der Waals surface area contributed by atoms with Crippen molar-refractivity contribution in [1.82, 2.24) is 10.6 Å². The number of nitrogens with one attached hydrogen (secondary N) is 2. The second-order valence-electron chi connectivity index (χ2n) is 3.92. The molecule has 0 saturated carbocycles. The van der Waals surface area contributed by atoms with Gasteiger partial charge < -0.3 is 15.4 Å². The molecule has 0 aliphatic carbocycles. The molecule has 1 aliphatic rings. The normalized spacial score (nSPS) is 18.4. The van der Waals surface area contributed by atoms with Crippen molar-refractivity contribution in [3.05, 3.63) is 24.3 Å². The maximum atomic E-state index is 11.8. The predicted octanol–water partition coefficient (Wildman–Crippen LogP) is 0.339. The van der Waals surface area contributed by atoms with E-state index < -0.39 is 6.04 Å². The lowest BCUT2D eigenvalue weighted by Crippen LogP contribution is -2.41. The summed E-state index contributed by atoms with van der Waals surface area (Å²) in [5.74, 6) is 0.528. The molecule has 1 unspecified atom stereocenters. The number of urea groups is 1. The van der Waals surface area contributed by atoms with Gasteiger partial charge in [-0.05, 0) is 24.3 Å². The molecule has 1 aromatic rings. The van der Waals surface area contributed by atoms with E-state index in [1.165, 1.54) is 4.90 Å². The number of methoxy groups -OCH3 is 1. The second kappa shape index (κ2) is 4.95. The van der Waals surface area contributed by atoms with Crippen LogP contribution in [0.4, 0.5) is 10.5 Å². The van der Waals surface area contributed by atoms with Crippen molar-refractivity contribution < 1.29 is 14.3 Å². The SMILES string of the molecule is CNC(=O)C1CN(c2ccc(OC)cc2)C(=O)N1. The summed E-state index contributed by atoms with van der Waals surface area (Å²) in [6.45, 7) is 0.324. The number of carbonyl (C=O) groups excluding carboxylic acids is 2.